The fourth-order valence-electron chi connectivity index (χ4n) is 2.52. The molecule has 2 heterocycles. The molecule has 2 aromatic heterocycles. The van der Waals surface area contributed by atoms with Crippen LogP contribution in [0, 0.1) is 12.8 Å². The summed E-state index contributed by atoms with van der Waals surface area (Å²) >= 11 is 1.18. The van der Waals surface area contributed by atoms with Crippen molar-refractivity contribution in [3.63, 3.8) is 0 Å². The summed E-state index contributed by atoms with van der Waals surface area (Å²) in [5, 5.41) is 11.1. The molecule has 0 saturated carbocycles. The van der Waals surface area contributed by atoms with Crippen molar-refractivity contribution in [1.29, 1.82) is 0 Å². The lowest BCUT2D eigenvalue weighted by molar-refractivity contribution is -0.116. The van der Waals surface area contributed by atoms with Crippen molar-refractivity contribution in [2.75, 3.05) is 11.1 Å². The van der Waals surface area contributed by atoms with Crippen molar-refractivity contribution in [1.82, 2.24) is 10.2 Å². The van der Waals surface area contributed by atoms with Crippen molar-refractivity contribution in [2.24, 2.45) is 5.92 Å². The van der Waals surface area contributed by atoms with E-state index in [9.17, 15) is 9.59 Å². The molecule has 7 nitrogen and oxygen atoms in total. The third-order valence-electron chi connectivity index (χ3n) is 3.91. The highest BCUT2D eigenvalue weighted by Crippen LogP contribution is 2.26. The first-order chi connectivity index (χ1) is 13.4. The van der Waals surface area contributed by atoms with Gasteiger partial charge in [-0.05, 0) is 43.2 Å². The molecule has 1 N–H and O–H groups in total. The summed E-state index contributed by atoms with van der Waals surface area (Å²) in [5.74, 6) is 1.42. The van der Waals surface area contributed by atoms with E-state index in [0.29, 0.717) is 40.5 Å². The molecule has 3 aromatic rings. The molecule has 0 bridgehead atoms. The first kappa shape index (κ1) is 19.9. The number of carbonyl (C=O) groups is 2. The molecule has 0 aliphatic carbocycles. The van der Waals surface area contributed by atoms with E-state index in [-0.39, 0.29) is 17.4 Å². The number of ketones is 1. The molecule has 1 amide bonds. The monoisotopic (exact) mass is 399 g/mol. The SMILES string of the molecule is Cc1occc1-c1nnc(SCC(=O)c2ccc(NC(=O)CC(C)C)cc2)o1. The van der Waals surface area contributed by atoms with Gasteiger partial charge in [0.2, 0.25) is 5.91 Å². The van der Waals surface area contributed by atoms with Gasteiger partial charge >= 0.3 is 0 Å². The van der Waals surface area contributed by atoms with E-state index in [1.54, 1.807) is 36.6 Å². The third kappa shape index (κ3) is 5.10. The van der Waals surface area contributed by atoms with E-state index in [0.717, 1.165) is 5.56 Å². The predicted molar refractivity (Wildman–Crippen MR) is 106 cm³/mol. The number of furan rings is 1. The smallest absolute Gasteiger partial charge is 0.277 e. The van der Waals surface area contributed by atoms with Crippen molar-refractivity contribution in [3.8, 4) is 11.5 Å². The molecule has 0 aliphatic rings. The molecule has 28 heavy (non-hydrogen) atoms. The minimum Gasteiger partial charge on any atom is -0.469 e. The topological polar surface area (TPSA) is 98.2 Å². The summed E-state index contributed by atoms with van der Waals surface area (Å²) in [7, 11) is 0. The van der Waals surface area contributed by atoms with Crippen LogP contribution < -0.4 is 5.32 Å². The van der Waals surface area contributed by atoms with Crippen molar-refractivity contribution < 1.29 is 18.4 Å². The van der Waals surface area contributed by atoms with Gasteiger partial charge in [0.1, 0.15) is 5.76 Å². The number of Topliss-reactive ketones (excluding diaryl/α,β-unsaturated/α-hetero) is 1. The average molecular weight is 399 g/mol. The largest absolute Gasteiger partial charge is 0.469 e. The van der Waals surface area contributed by atoms with Gasteiger partial charge in [-0.15, -0.1) is 10.2 Å². The van der Waals surface area contributed by atoms with Crippen LogP contribution in [-0.4, -0.2) is 27.6 Å². The molecule has 0 radical (unpaired) electrons. The van der Waals surface area contributed by atoms with Gasteiger partial charge in [-0.3, -0.25) is 9.59 Å². The second kappa shape index (κ2) is 8.88. The zero-order chi connectivity index (χ0) is 20.1. The Hall–Kier alpha value is -2.87. The fraction of sp³-hybridized carbons (Fsp3) is 0.300. The zero-order valence-corrected chi connectivity index (χ0v) is 16.7. The van der Waals surface area contributed by atoms with Gasteiger partial charge in [0.25, 0.3) is 11.1 Å². The minimum absolute atomic E-state index is 0.0373. The highest BCUT2D eigenvalue weighted by Gasteiger charge is 2.15. The van der Waals surface area contributed by atoms with Gasteiger partial charge < -0.3 is 14.2 Å². The zero-order valence-electron chi connectivity index (χ0n) is 15.9. The Kier molecular flexibility index (Phi) is 6.30. The maximum Gasteiger partial charge on any atom is 0.277 e. The lowest BCUT2D eigenvalue weighted by Crippen LogP contribution is -2.14. The summed E-state index contributed by atoms with van der Waals surface area (Å²) in [6.07, 6.45) is 2.02. The number of amides is 1. The van der Waals surface area contributed by atoms with Gasteiger partial charge in [-0.1, -0.05) is 25.6 Å². The van der Waals surface area contributed by atoms with Crippen LogP contribution in [0.25, 0.3) is 11.5 Å². The van der Waals surface area contributed by atoms with E-state index in [1.165, 1.54) is 11.8 Å². The number of aromatic nitrogens is 2. The Morgan fingerprint density at radius 3 is 2.54 bits per heavy atom. The van der Waals surface area contributed by atoms with Crippen molar-refractivity contribution in [2.45, 2.75) is 32.4 Å². The van der Waals surface area contributed by atoms with E-state index >= 15 is 0 Å². The van der Waals surface area contributed by atoms with Crippen LogP contribution in [0.4, 0.5) is 5.69 Å². The molecule has 1 aromatic carbocycles. The van der Waals surface area contributed by atoms with Crippen LogP contribution in [0.2, 0.25) is 0 Å². The summed E-state index contributed by atoms with van der Waals surface area (Å²) in [6, 6.07) is 8.60. The Labute approximate surface area is 166 Å². The molecule has 0 atom stereocenters. The summed E-state index contributed by atoms with van der Waals surface area (Å²) in [6.45, 7) is 5.79. The van der Waals surface area contributed by atoms with Crippen LogP contribution in [0.3, 0.4) is 0 Å². The van der Waals surface area contributed by atoms with E-state index in [4.69, 9.17) is 8.83 Å². The average Bonchev–Trinajstić information content (AvgIpc) is 3.28. The van der Waals surface area contributed by atoms with Gasteiger partial charge in [0.05, 0.1) is 17.6 Å². The number of nitrogens with zero attached hydrogens (tertiary/aromatic N) is 2. The number of aryl methyl sites for hydroxylation is 1. The number of rotatable bonds is 8. The number of nitrogens with one attached hydrogen (secondary N) is 1. The van der Waals surface area contributed by atoms with Crippen LogP contribution in [0.5, 0.6) is 0 Å². The van der Waals surface area contributed by atoms with Crippen LogP contribution >= 0.6 is 11.8 Å². The van der Waals surface area contributed by atoms with Gasteiger partial charge in [-0.2, -0.15) is 0 Å². The van der Waals surface area contributed by atoms with E-state index in [2.05, 4.69) is 15.5 Å². The van der Waals surface area contributed by atoms with Crippen molar-refractivity contribution >= 4 is 29.1 Å². The van der Waals surface area contributed by atoms with E-state index < -0.39 is 0 Å². The fourth-order valence-corrected chi connectivity index (χ4v) is 3.17. The predicted octanol–water partition coefficient (Wildman–Crippen LogP) is 4.60. The lowest BCUT2D eigenvalue weighted by Gasteiger charge is -2.07. The Morgan fingerprint density at radius 1 is 1.14 bits per heavy atom. The number of benzene rings is 1. The maximum atomic E-state index is 12.4. The second-order valence-corrected chi connectivity index (χ2v) is 7.63. The summed E-state index contributed by atoms with van der Waals surface area (Å²) < 4.78 is 10.8. The molecule has 0 fully saturated rings. The van der Waals surface area contributed by atoms with Crippen LogP contribution in [0.1, 0.15) is 36.4 Å². The number of carbonyl (C=O) groups excluding carboxylic acids is 2. The highest BCUT2D eigenvalue weighted by atomic mass is 32.2. The number of anilines is 1. The van der Waals surface area contributed by atoms with E-state index in [1.807, 2.05) is 20.8 Å². The molecular weight excluding hydrogens is 378 g/mol. The first-order valence-corrected chi connectivity index (χ1v) is 9.85. The lowest BCUT2D eigenvalue weighted by atomic mass is 10.1. The molecule has 0 unspecified atom stereocenters. The summed E-state index contributed by atoms with van der Waals surface area (Å²) in [5.41, 5.74) is 1.97. The molecule has 8 heteroatoms. The molecule has 0 spiro atoms. The Balaban J connectivity index is 1.54. The molecule has 3 rings (SSSR count). The quantitative estimate of drug-likeness (QED) is 0.437. The number of hydrogen-bond acceptors (Lipinski definition) is 7. The number of hydrogen-bond donors (Lipinski definition) is 1. The first-order valence-electron chi connectivity index (χ1n) is 8.86. The standard InChI is InChI=1S/C20H21N3O4S/c1-12(2)10-18(25)21-15-6-4-14(5-7-15)17(24)11-28-20-23-22-19(27-20)16-8-9-26-13(16)3/h4-9,12H,10-11H2,1-3H3,(H,21,25). The molecule has 0 aliphatic heterocycles. The third-order valence-corrected chi connectivity index (χ3v) is 4.73. The number of thioether (sulfide) groups is 1. The normalized spacial score (nSPS) is 11.0. The summed E-state index contributed by atoms with van der Waals surface area (Å²) in [4.78, 5) is 24.2. The Morgan fingerprint density at radius 2 is 1.89 bits per heavy atom. The van der Waals surface area contributed by atoms with Gasteiger partial charge in [0.15, 0.2) is 5.78 Å². The van der Waals surface area contributed by atoms with Gasteiger partial charge in [-0.25, -0.2) is 0 Å². The molecule has 146 valence electrons. The Bertz CT molecular complexity index is 960. The molecule has 0 saturated heterocycles. The second-order valence-electron chi connectivity index (χ2n) is 6.70. The van der Waals surface area contributed by atoms with Crippen LogP contribution in [-0.2, 0) is 4.79 Å². The molecular formula is C20H21N3O4S. The maximum absolute atomic E-state index is 12.4. The van der Waals surface area contributed by atoms with Gasteiger partial charge in [0, 0.05) is 17.7 Å². The highest BCUT2D eigenvalue weighted by molar-refractivity contribution is 7.99. The minimum atomic E-state index is -0.0655. The van der Waals surface area contributed by atoms with Crippen molar-refractivity contribution in [3.05, 3.63) is 47.9 Å². The van der Waals surface area contributed by atoms with Crippen LogP contribution in [0.15, 0.2) is 50.7 Å².